The molecule has 0 spiro atoms. The molecular formula is C8H14N4O3. The van der Waals surface area contributed by atoms with Crippen LogP contribution in [0.5, 0.6) is 0 Å². The zero-order chi connectivity index (χ0) is 11.3. The molecule has 0 amide bonds. The SMILES string of the molecule is Nc1nccnc1NC(CO)(CO)CO. The van der Waals surface area contributed by atoms with Crippen LogP contribution in [0.2, 0.25) is 0 Å². The predicted octanol–water partition coefficient (Wildman–Crippen LogP) is -1.81. The molecule has 0 aliphatic heterocycles. The van der Waals surface area contributed by atoms with E-state index >= 15 is 0 Å². The van der Waals surface area contributed by atoms with E-state index in [1.165, 1.54) is 12.4 Å². The lowest BCUT2D eigenvalue weighted by Crippen LogP contribution is -2.49. The first-order valence-corrected chi connectivity index (χ1v) is 4.34. The van der Waals surface area contributed by atoms with Crippen LogP contribution in [0.1, 0.15) is 0 Å². The molecule has 0 radical (unpaired) electrons. The van der Waals surface area contributed by atoms with Crippen molar-refractivity contribution in [2.75, 3.05) is 30.9 Å². The lowest BCUT2D eigenvalue weighted by molar-refractivity contribution is 0.0831. The largest absolute Gasteiger partial charge is 0.394 e. The Bertz CT molecular complexity index is 308. The lowest BCUT2D eigenvalue weighted by atomic mass is 10.0. The average molecular weight is 214 g/mol. The molecule has 7 nitrogen and oxygen atoms in total. The highest BCUT2D eigenvalue weighted by Crippen LogP contribution is 2.16. The second kappa shape index (κ2) is 4.87. The number of hydrogen-bond donors (Lipinski definition) is 5. The first-order chi connectivity index (χ1) is 7.17. The van der Waals surface area contributed by atoms with Crippen molar-refractivity contribution in [1.29, 1.82) is 0 Å². The van der Waals surface area contributed by atoms with Gasteiger partial charge < -0.3 is 26.4 Å². The maximum Gasteiger partial charge on any atom is 0.169 e. The monoisotopic (exact) mass is 214 g/mol. The number of nitrogens with two attached hydrogens (primary N) is 1. The summed E-state index contributed by atoms with van der Waals surface area (Å²) < 4.78 is 0. The third kappa shape index (κ3) is 2.52. The number of anilines is 2. The Morgan fingerprint density at radius 1 is 1.13 bits per heavy atom. The maximum absolute atomic E-state index is 9.06. The van der Waals surface area contributed by atoms with Crippen molar-refractivity contribution in [3.05, 3.63) is 12.4 Å². The van der Waals surface area contributed by atoms with Gasteiger partial charge in [-0.25, -0.2) is 9.97 Å². The summed E-state index contributed by atoms with van der Waals surface area (Å²) in [6.45, 7) is -1.35. The highest BCUT2D eigenvalue weighted by Gasteiger charge is 2.28. The molecule has 0 bridgehead atoms. The Labute approximate surface area is 86.6 Å². The number of hydrogen-bond acceptors (Lipinski definition) is 7. The van der Waals surface area contributed by atoms with Crippen LogP contribution in [0.4, 0.5) is 11.6 Å². The standard InChI is InChI=1S/C8H14N4O3/c9-6-7(11-2-1-10-6)12-8(3-13,4-14)5-15/h1-2,13-15H,3-5H2,(H2,9,10)(H,11,12). The Morgan fingerprint density at radius 2 is 1.67 bits per heavy atom. The fourth-order valence-electron chi connectivity index (χ4n) is 0.965. The van der Waals surface area contributed by atoms with E-state index in [-0.39, 0.29) is 11.6 Å². The minimum atomic E-state index is -1.25. The van der Waals surface area contributed by atoms with Gasteiger partial charge in [0.2, 0.25) is 0 Å². The van der Waals surface area contributed by atoms with Crippen LogP contribution in [-0.2, 0) is 0 Å². The van der Waals surface area contributed by atoms with Crippen LogP contribution < -0.4 is 11.1 Å². The van der Waals surface area contributed by atoms with Gasteiger partial charge in [0, 0.05) is 12.4 Å². The second-order valence-electron chi connectivity index (χ2n) is 3.17. The first kappa shape index (κ1) is 11.6. The zero-order valence-electron chi connectivity index (χ0n) is 8.09. The number of nitrogens with one attached hydrogen (secondary N) is 1. The Balaban J connectivity index is 2.88. The summed E-state index contributed by atoms with van der Waals surface area (Å²) >= 11 is 0. The van der Waals surface area contributed by atoms with E-state index in [4.69, 9.17) is 21.1 Å². The van der Waals surface area contributed by atoms with E-state index < -0.39 is 25.4 Å². The summed E-state index contributed by atoms with van der Waals surface area (Å²) in [4.78, 5) is 7.65. The molecule has 0 fully saturated rings. The van der Waals surface area contributed by atoms with Gasteiger partial charge in [0.15, 0.2) is 11.6 Å². The van der Waals surface area contributed by atoms with Gasteiger partial charge in [-0.15, -0.1) is 0 Å². The lowest BCUT2D eigenvalue weighted by Gasteiger charge is -2.29. The Kier molecular flexibility index (Phi) is 3.78. The van der Waals surface area contributed by atoms with Gasteiger partial charge in [-0.1, -0.05) is 0 Å². The highest BCUT2D eigenvalue weighted by molar-refractivity contribution is 5.56. The molecule has 0 saturated heterocycles. The summed E-state index contributed by atoms with van der Waals surface area (Å²) in [5.41, 5.74) is 4.26. The smallest absolute Gasteiger partial charge is 0.169 e. The molecule has 0 atom stereocenters. The first-order valence-electron chi connectivity index (χ1n) is 4.34. The van der Waals surface area contributed by atoms with Crippen LogP contribution in [0.15, 0.2) is 12.4 Å². The van der Waals surface area contributed by atoms with Crippen molar-refractivity contribution in [3.63, 3.8) is 0 Å². The van der Waals surface area contributed by atoms with Crippen molar-refractivity contribution >= 4 is 11.6 Å². The number of aromatic nitrogens is 2. The van der Waals surface area contributed by atoms with Crippen LogP contribution in [0.3, 0.4) is 0 Å². The molecule has 1 rings (SSSR count). The van der Waals surface area contributed by atoms with Gasteiger partial charge in [0.1, 0.15) is 5.54 Å². The quantitative estimate of drug-likeness (QED) is 0.391. The molecule has 0 aliphatic carbocycles. The van der Waals surface area contributed by atoms with Gasteiger partial charge >= 0.3 is 0 Å². The van der Waals surface area contributed by atoms with Gasteiger partial charge in [-0.2, -0.15) is 0 Å². The summed E-state index contributed by atoms with van der Waals surface area (Å²) in [6.07, 6.45) is 2.83. The molecule has 1 aromatic rings. The van der Waals surface area contributed by atoms with Gasteiger partial charge in [-0.3, -0.25) is 0 Å². The molecule has 0 unspecified atom stereocenters. The molecule has 84 valence electrons. The highest BCUT2D eigenvalue weighted by atomic mass is 16.3. The van der Waals surface area contributed by atoms with E-state index in [9.17, 15) is 0 Å². The predicted molar refractivity (Wildman–Crippen MR) is 54.1 cm³/mol. The molecule has 0 aromatic carbocycles. The van der Waals surface area contributed by atoms with Gasteiger partial charge in [-0.05, 0) is 0 Å². The normalized spacial score (nSPS) is 11.4. The number of nitrogen functional groups attached to an aromatic ring is 1. The Hall–Kier alpha value is -1.44. The molecular weight excluding hydrogens is 200 g/mol. The van der Waals surface area contributed by atoms with E-state index in [2.05, 4.69) is 15.3 Å². The van der Waals surface area contributed by atoms with Crippen molar-refractivity contribution in [1.82, 2.24) is 9.97 Å². The summed E-state index contributed by atoms with van der Waals surface area (Å²) in [6, 6.07) is 0. The summed E-state index contributed by atoms with van der Waals surface area (Å²) in [5, 5.41) is 29.8. The minimum absolute atomic E-state index is 0.136. The third-order valence-corrected chi connectivity index (χ3v) is 2.02. The van der Waals surface area contributed by atoms with E-state index in [0.717, 1.165) is 0 Å². The van der Waals surface area contributed by atoms with E-state index in [1.807, 2.05) is 0 Å². The van der Waals surface area contributed by atoms with E-state index in [1.54, 1.807) is 0 Å². The maximum atomic E-state index is 9.06. The van der Waals surface area contributed by atoms with Crippen LogP contribution in [-0.4, -0.2) is 50.6 Å². The zero-order valence-corrected chi connectivity index (χ0v) is 8.09. The Morgan fingerprint density at radius 3 is 2.13 bits per heavy atom. The van der Waals surface area contributed by atoms with Crippen LogP contribution >= 0.6 is 0 Å². The van der Waals surface area contributed by atoms with Crippen molar-refractivity contribution in [2.24, 2.45) is 0 Å². The fourth-order valence-corrected chi connectivity index (χ4v) is 0.965. The van der Waals surface area contributed by atoms with E-state index in [0.29, 0.717) is 0 Å². The number of rotatable bonds is 5. The fraction of sp³-hybridized carbons (Fsp3) is 0.500. The van der Waals surface area contributed by atoms with Gasteiger partial charge in [0.25, 0.3) is 0 Å². The number of aliphatic hydroxyl groups excluding tert-OH is 3. The molecule has 0 aliphatic rings. The third-order valence-electron chi connectivity index (χ3n) is 2.02. The molecule has 6 N–H and O–H groups in total. The average Bonchev–Trinajstić information content (AvgIpc) is 2.29. The number of aliphatic hydroxyl groups is 3. The van der Waals surface area contributed by atoms with Crippen molar-refractivity contribution < 1.29 is 15.3 Å². The summed E-state index contributed by atoms with van der Waals surface area (Å²) in [7, 11) is 0. The van der Waals surface area contributed by atoms with Crippen molar-refractivity contribution in [3.8, 4) is 0 Å². The van der Waals surface area contributed by atoms with Gasteiger partial charge in [0.05, 0.1) is 19.8 Å². The van der Waals surface area contributed by atoms with Crippen molar-refractivity contribution in [2.45, 2.75) is 5.54 Å². The molecule has 0 saturated carbocycles. The second-order valence-corrected chi connectivity index (χ2v) is 3.17. The molecule has 1 heterocycles. The molecule has 15 heavy (non-hydrogen) atoms. The minimum Gasteiger partial charge on any atom is -0.394 e. The topological polar surface area (TPSA) is 125 Å². The molecule has 7 heteroatoms. The number of nitrogens with zero attached hydrogens (tertiary/aromatic N) is 2. The van der Waals surface area contributed by atoms with Crippen LogP contribution in [0, 0.1) is 0 Å². The van der Waals surface area contributed by atoms with Crippen LogP contribution in [0.25, 0.3) is 0 Å². The molecule has 1 aromatic heterocycles. The summed E-state index contributed by atoms with van der Waals surface area (Å²) in [5.74, 6) is 0.354.